The molecule has 0 bridgehead atoms. The van der Waals surface area contributed by atoms with Crippen LogP contribution < -0.4 is 0 Å². The number of aliphatic hydroxyl groups excluding tert-OH is 7. The van der Waals surface area contributed by atoms with Crippen molar-refractivity contribution in [3.63, 3.8) is 0 Å². The number of carbonyl (C=O) groups excluding carboxylic acids is 2. The van der Waals surface area contributed by atoms with Gasteiger partial charge in [0.25, 0.3) is 0 Å². The Labute approximate surface area is 423 Å². The summed E-state index contributed by atoms with van der Waals surface area (Å²) in [6, 6.07) is 0. The normalized spacial score (nSPS) is 25.3. The summed E-state index contributed by atoms with van der Waals surface area (Å²) in [5.41, 5.74) is 0. The quantitative estimate of drug-likeness (QED) is 0.0223. The van der Waals surface area contributed by atoms with Crippen molar-refractivity contribution in [1.29, 1.82) is 0 Å². The summed E-state index contributed by atoms with van der Waals surface area (Å²) in [4.78, 5) is 25.8. The summed E-state index contributed by atoms with van der Waals surface area (Å²) in [7, 11) is 0. The van der Waals surface area contributed by atoms with Crippen LogP contribution >= 0.6 is 0 Å². The molecule has 70 heavy (non-hydrogen) atoms. The van der Waals surface area contributed by atoms with Gasteiger partial charge in [-0.15, -0.1) is 0 Å². The van der Waals surface area contributed by atoms with E-state index in [4.69, 9.17) is 28.4 Å². The molecule has 7 N–H and O–H groups in total. The summed E-state index contributed by atoms with van der Waals surface area (Å²) in [6.07, 6.45) is 25.5. The highest BCUT2D eigenvalue weighted by molar-refractivity contribution is 5.70. The highest BCUT2D eigenvalue weighted by Crippen LogP contribution is 2.27. The molecule has 11 atom stereocenters. The molecular formula is C55H104O15. The number of hydrogen-bond donors (Lipinski definition) is 7. The Bertz CT molecular complexity index is 1230. The number of aliphatic hydroxyl groups is 7. The van der Waals surface area contributed by atoms with Gasteiger partial charge < -0.3 is 64.2 Å². The van der Waals surface area contributed by atoms with Crippen LogP contribution in [0.2, 0.25) is 0 Å². The first kappa shape index (κ1) is 64.6. The van der Waals surface area contributed by atoms with Crippen LogP contribution in [0.1, 0.15) is 245 Å². The van der Waals surface area contributed by atoms with Crippen molar-refractivity contribution >= 4 is 11.9 Å². The molecule has 0 aliphatic carbocycles. The molecule has 0 spiro atoms. The first-order valence-electron chi connectivity index (χ1n) is 28.6. The Balaban J connectivity index is 1.75. The highest BCUT2D eigenvalue weighted by Gasteiger charge is 2.47. The minimum atomic E-state index is -1.76. The van der Waals surface area contributed by atoms with Gasteiger partial charge in [-0.1, -0.05) is 219 Å². The number of esters is 2. The minimum absolute atomic E-state index is 0.174. The summed E-state index contributed by atoms with van der Waals surface area (Å²) in [5.74, 6) is -0.905. The number of rotatable bonds is 46. The van der Waals surface area contributed by atoms with E-state index in [0.29, 0.717) is 12.8 Å². The minimum Gasteiger partial charge on any atom is -0.462 e. The van der Waals surface area contributed by atoms with E-state index in [1.165, 1.54) is 167 Å². The Kier molecular flexibility index (Phi) is 39.5. The molecule has 11 unspecified atom stereocenters. The van der Waals surface area contributed by atoms with Crippen LogP contribution in [-0.4, -0.2) is 142 Å². The highest BCUT2D eigenvalue weighted by atomic mass is 16.7. The van der Waals surface area contributed by atoms with E-state index in [1.807, 2.05) is 0 Å². The lowest BCUT2D eigenvalue weighted by Gasteiger charge is -2.42. The van der Waals surface area contributed by atoms with Crippen LogP contribution in [0.4, 0.5) is 0 Å². The monoisotopic (exact) mass is 1000 g/mol. The fourth-order valence-corrected chi connectivity index (χ4v) is 9.40. The van der Waals surface area contributed by atoms with Crippen LogP contribution in [-0.2, 0) is 38.0 Å². The largest absolute Gasteiger partial charge is 0.462 e. The van der Waals surface area contributed by atoms with Crippen molar-refractivity contribution < 1.29 is 73.8 Å². The Hall–Kier alpha value is -1.50. The van der Waals surface area contributed by atoms with Gasteiger partial charge in [-0.05, 0) is 12.8 Å². The molecule has 15 heteroatoms. The second-order valence-electron chi connectivity index (χ2n) is 20.5. The first-order valence-corrected chi connectivity index (χ1v) is 28.6. The van der Waals surface area contributed by atoms with E-state index in [9.17, 15) is 45.3 Å². The SMILES string of the molecule is CCCCCCCCCCCCCCCCCCCCCCC(=O)OC(COC(=O)CCCCCCCCCCCCCCCC)COC1OC(COC2OC(CO)C(O)C(O)C2O)C(O)C(O)C1O. The zero-order valence-electron chi connectivity index (χ0n) is 44.0. The molecule has 0 saturated carbocycles. The number of hydrogen-bond acceptors (Lipinski definition) is 15. The molecule has 2 fully saturated rings. The van der Waals surface area contributed by atoms with Crippen LogP contribution in [0, 0.1) is 0 Å². The number of ether oxygens (including phenoxy) is 6. The molecule has 2 saturated heterocycles. The Morgan fingerprint density at radius 1 is 0.400 bits per heavy atom. The molecule has 0 amide bonds. The topological polar surface area (TPSA) is 231 Å². The number of carbonyl (C=O) groups is 2. The van der Waals surface area contributed by atoms with Crippen molar-refractivity contribution in [3.05, 3.63) is 0 Å². The van der Waals surface area contributed by atoms with Gasteiger partial charge in [0.2, 0.25) is 0 Å². The zero-order valence-corrected chi connectivity index (χ0v) is 44.0. The Morgan fingerprint density at radius 2 is 0.729 bits per heavy atom. The molecular weight excluding hydrogens is 901 g/mol. The van der Waals surface area contributed by atoms with Gasteiger partial charge >= 0.3 is 11.9 Å². The summed E-state index contributed by atoms with van der Waals surface area (Å²) >= 11 is 0. The van der Waals surface area contributed by atoms with Crippen molar-refractivity contribution in [2.45, 2.75) is 313 Å². The van der Waals surface area contributed by atoms with Gasteiger partial charge in [0.1, 0.15) is 55.4 Å². The predicted octanol–water partition coefficient (Wildman–Crippen LogP) is 9.17. The van der Waals surface area contributed by atoms with E-state index in [-0.39, 0.29) is 26.1 Å². The lowest BCUT2D eigenvalue weighted by Crippen LogP contribution is -2.61. The molecule has 0 radical (unpaired) electrons. The average molecular weight is 1010 g/mol. The van der Waals surface area contributed by atoms with Crippen LogP contribution in [0.15, 0.2) is 0 Å². The summed E-state index contributed by atoms with van der Waals surface area (Å²) in [5, 5.41) is 72.2. The van der Waals surface area contributed by atoms with Gasteiger partial charge in [0.05, 0.1) is 19.8 Å². The van der Waals surface area contributed by atoms with Gasteiger partial charge in [-0.25, -0.2) is 0 Å². The van der Waals surface area contributed by atoms with Gasteiger partial charge in [-0.3, -0.25) is 9.59 Å². The van der Waals surface area contributed by atoms with Crippen LogP contribution in [0.25, 0.3) is 0 Å². The molecule has 2 aliphatic heterocycles. The van der Waals surface area contributed by atoms with Crippen LogP contribution in [0.5, 0.6) is 0 Å². The van der Waals surface area contributed by atoms with Crippen molar-refractivity contribution in [2.75, 3.05) is 26.4 Å². The smallest absolute Gasteiger partial charge is 0.306 e. The van der Waals surface area contributed by atoms with E-state index in [2.05, 4.69) is 13.8 Å². The molecule has 15 nitrogen and oxygen atoms in total. The average Bonchev–Trinajstić information content (AvgIpc) is 3.35. The molecule has 0 aromatic rings. The maximum atomic E-state index is 13.1. The third-order valence-corrected chi connectivity index (χ3v) is 14.1. The molecule has 414 valence electrons. The van der Waals surface area contributed by atoms with Crippen molar-refractivity contribution in [2.24, 2.45) is 0 Å². The predicted molar refractivity (Wildman–Crippen MR) is 271 cm³/mol. The summed E-state index contributed by atoms with van der Waals surface area (Å²) in [6.45, 7) is 2.65. The standard InChI is InChI=1S/C55H104O15/c1-3-5-7-9-11-13-15-17-19-20-21-22-23-24-26-28-30-32-34-36-38-47(58)68-43(40-65-46(57)37-35-33-31-29-27-25-18-16-14-12-10-8-6-4-2)41-66-54-53(64)51(62)49(60)45(70-54)42-67-55-52(63)50(61)48(59)44(39-56)69-55/h43-45,48-56,59-64H,3-42H2,1-2H3. The van der Waals surface area contributed by atoms with E-state index in [1.54, 1.807) is 0 Å². The molecule has 2 heterocycles. The van der Waals surface area contributed by atoms with Crippen molar-refractivity contribution in [1.82, 2.24) is 0 Å². The van der Waals surface area contributed by atoms with Crippen molar-refractivity contribution in [3.8, 4) is 0 Å². The molecule has 2 aliphatic rings. The second-order valence-corrected chi connectivity index (χ2v) is 20.5. The fourth-order valence-electron chi connectivity index (χ4n) is 9.40. The van der Waals surface area contributed by atoms with E-state index in [0.717, 1.165) is 38.5 Å². The lowest BCUT2D eigenvalue weighted by atomic mass is 9.98. The zero-order chi connectivity index (χ0) is 51.0. The summed E-state index contributed by atoms with van der Waals surface area (Å²) < 4.78 is 33.7. The van der Waals surface area contributed by atoms with Gasteiger partial charge in [0, 0.05) is 12.8 Å². The third kappa shape index (κ3) is 30.0. The molecule has 0 aromatic carbocycles. The van der Waals surface area contributed by atoms with Gasteiger partial charge in [0.15, 0.2) is 18.7 Å². The maximum Gasteiger partial charge on any atom is 0.306 e. The van der Waals surface area contributed by atoms with E-state index < -0.39 is 92.7 Å². The molecule has 0 aromatic heterocycles. The Morgan fingerprint density at radius 3 is 1.11 bits per heavy atom. The fraction of sp³-hybridized carbons (Fsp3) is 0.964. The maximum absolute atomic E-state index is 13.1. The second kappa shape index (κ2) is 42.8. The van der Waals surface area contributed by atoms with Crippen LogP contribution in [0.3, 0.4) is 0 Å². The first-order chi connectivity index (χ1) is 34.0. The number of unbranched alkanes of at least 4 members (excludes halogenated alkanes) is 32. The lowest BCUT2D eigenvalue weighted by molar-refractivity contribution is -0.332. The third-order valence-electron chi connectivity index (χ3n) is 14.1. The molecule has 2 rings (SSSR count). The van der Waals surface area contributed by atoms with Gasteiger partial charge in [-0.2, -0.15) is 0 Å². The van der Waals surface area contributed by atoms with E-state index >= 15 is 0 Å².